The fourth-order valence-electron chi connectivity index (χ4n) is 2.48. The predicted molar refractivity (Wildman–Crippen MR) is 81.2 cm³/mol. The van der Waals surface area contributed by atoms with Crippen molar-refractivity contribution in [3.05, 3.63) is 65.2 Å². The van der Waals surface area contributed by atoms with Crippen LogP contribution in [0.2, 0.25) is 0 Å². The van der Waals surface area contributed by atoms with E-state index in [4.69, 9.17) is 0 Å². The van der Waals surface area contributed by atoms with Gasteiger partial charge in [0.05, 0.1) is 5.75 Å². The number of thioether (sulfide) groups is 1. The lowest BCUT2D eigenvalue weighted by Gasteiger charge is -2.24. The van der Waals surface area contributed by atoms with Crippen molar-refractivity contribution < 1.29 is 18.0 Å². The van der Waals surface area contributed by atoms with Crippen molar-refractivity contribution in [2.75, 3.05) is 12.3 Å². The van der Waals surface area contributed by atoms with Crippen molar-refractivity contribution in [3.63, 3.8) is 0 Å². The molecular weight excluding hydrogens is 325 g/mol. The van der Waals surface area contributed by atoms with Gasteiger partial charge in [-0.2, -0.15) is 0 Å². The van der Waals surface area contributed by atoms with Crippen molar-refractivity contribution in [2.24, 2.45) is 0 Å². The molecular formula is C16H13F3N2OS. The Hall–Kier alpha value is -2.02. The average Bonchev–Trinajstić information content (AvgIpc) is 2.92. The number of pyridine rings is 1. The maximum Gasteiger partial charge on any atom is 0.233 e. The SMILES string of the molecule is O=C1CSC(c2ccc(F)c(F)c2F)N1CCc1ccncc1. The fraction of sp³-hybridized carbons (Fsp3) is 0.250. The first-order valence-electron chi connectivity index (χ1n) is 7.01. The lowest BCUT2D eigenvalue weighted by Crippen LogP contribution is -2.30. The largest absolute Gasteiger partial charge is 0.325 e. The molecule has 2 heterocycles. The molecule has 1 aliphatic heterocycles. The molecule has 1 unspecified atom stereocenters. The average molecular weight is 338 g/mol. The normalized spacial score (nSPS) is 17.8. The third-order valence-corrected chi connectivity index (χ3v) is 4.93. The van der Waals surface area contributed by atoms with Gasteiger partial charge in [0.1, 0.15) is 5.37 Å². The number of carbonyl (C=O) groups is 1. The van der Waals surface area contributed by atoms with Crippen LogP contribution < -0.4 is 0 Å². The molecule has 1 aromatic heterocycles. The summed E-state index contributed by atoms with van der Waals surface area (Å²) in [7, 11) is 0. The van der Waals surface area contributed by atoms with Gasteiger partial charge in [-0.3, -0.25) is 9.78 Å². The second-order valence-corrected chi connectivity index (χ2v) is 6.19. The van der Waals surface area contributed by atoms with E-state index in [9.17, 15) is 18.0 Å². The maximum absolute atomic E-state index is 14.0. The molecule has 120 valence electrons. The molecule has 3 nitrogen and oxygen atoms in total. The number of carbonyl (C=O) groups excluding carboxylic acids is 1. The highest BCUT2D eigenvalue weighted by molar-refractivity contribution is 8.00. The molecule has 0 N–H and O–H groups in total. The van der Waals surface area contributed by atoms with E-state index in [1.54, 1.807) is 12.4 Å². The second-order valence-electron chi connectivity index (χ2n) is 5.12. The smallest absolute Gasteiger partial charge is 0.233 e. The Balaban J connectivity index is 1.81. The summed E-state index contributed by atoms with van der Waals surface area (Å²) in [6.07, 6.45) is 3.89. The monoisotopic (exact) mass is 338 g/mol. The molecule has 1 saturated heterocycles. The minimum absolute atomic E-state index is 0.00511. The van der Waals surface area contributed by atoms with Crippen molar-refractivity contribution in [1.29, 1.82) is 0 Å². The first-order valence-corrected chi connectivity index (χ1v) is 8.06. The van der Waals surface area contributed by atoms with E-state index in [2.05, 4.69) is 4.98 Å². The van der Waals surface area contributed by atoms with Crippen LogP contribution in [0.5, 0.6) is 0 Å². The van der Waals surface area contributed by atoms with Crippen LogP contribution in [0.1, 0.15) is 16.5 Å². The van der Waals surface area contributed by atoms with Gasteiger partial charge in [0.25, 0.3) is 0 Å². The Morgan fingerprint density at radius 2 is 1.87 bits per heavy atom. The highest BCUT2D eigenvalue weighted by atomic mass is 32.2. The molecule has 0 radical (unpaired) electrons. The molecule has 23 heavy (non-hydrogen) atoms. The van der Waals surface area contributed by atoms with E-state index in [1.165, 1.54) is 22.7 Å². The van der Waals surface area contributed by atoms with Gasteiger partial charge in [-0.25, -0.2) is 13.2 Å². The summed E-state index contributed by atoms with van der Waals surface area (Å²) in [5.74, 6) is -3.91. The molecule has 1 aromatic carbocycles. The first-order chi connectivity index (χ1) is 11.1. The summed E-state index contributed by atoms with van der Waals surface area (Å²) in [5, 5.41) is -0.639. The standard InChI is InChI=1S/C16H13F3N2OS/c17-12-2-1-11(14(18)15(12)19)16-21(13(22)9-23-16)8-5-10-3-6-20-7-4-10/h1-4,6-7,16H,5,8-9H2. The number of benzene rings is 1. The molecule has 0 aliphatic carbocycles. The van der Waals surface area contributed by atoms with Gasteiger partial charge in [0.2, 0.25) is 5.91 Å². The highest BCUT2D eigenvalue weighted by Gasteiger charge is 2.35. The molecule has 1 aliphatic rings. The lowest BCUT2D eigenvalue weighted by molar-refractivity contribution is -0.128. The van der Waals surface area contributed by atoms with Crippen LogP contribution in [0, 0.1) is 17.5 Å². The first kappa shape index (κ1) is 15.9. The second kappa shape index (κ2) is 6.62. The summed E-state index contributed by atoms with van der Waals surface area (Å²) in [6, 6.07) is 5.75. The molecule has 3 rings (SSSR count). The quantitative estimate of drug-likeness (QED) is 0.802. The number of hydrogen-bond donors (Lipinski definition) is 0. The van der Waals surface area contributed by atoms with Crippen LogP contribution in [-0.4, -0.2) is 28.1 Å². The zero-order chi connectivity index (χ0) is 16.4. The number of nitrogens with zero attached hydrogens (tertiary/aromatic N) is 2. The third kappa shape index (κ3) is 3.19. The van der Waals surface area contributed by atoms with Crippen LogP contribution in [0.15, 0.2) is 36.7 Å². The Labute approximate surface area is 135 Å². The summed E-state index contributed by atoms with van der Waals surface area (Å²) in [6.45, 7) is 0.374. The minimum Gasteiger partial charge on any atom is -0.325 e. The Kier molecular flexibility index (Phi) is 4.56. The molecule has 0 spiro atoms. The maximum atomic E-state index is 14.0. The lowest BCUT2D eigenvalue weighted by atomic mass is 10.1. The molecule has 0 saturated carbocycles. The topological polar surface area (TPSA) is 33.2 Å². The fourth-order valence-corrected chi connectivity index (χ4v) is 3.71. The van der Waals surface area contributed by atoms with Crippen LogP contribution in [-0.2, 0) is 11.2 Å². The third-order valence-electron chi connectivity index (χ3n) is 3.69. The molecule has 1 amide bonds. The van der Waals surface area contributed by atoms with Crippen LogP contribution in [0.25, 0.3) is 0 Å². The van der Waals surface area contributed by atoms with Gasteiger partial charge in [-0.1, -0.05) is 6.07 Å². The molecule has 7 heteroatoms. The van der Waals surface area contributed by atoms with Crippen LogP contribution in [0.4, 0.5) is 13.2 Å². The van der Waals surface area contributed by atoms with Crippen molar-refractivity contribution >= 4 is 17.7 Å². The number of rotatable bonds is 4. The summed E-state index contributed by atoms with van der Waals surface area (Å²) in [5.41, 5.74) is 0.990. The Bertz CT molecular complexity index is 727. The van der Waals surface area contributed by atoms with Gasteiger partial charge < -0.3 is 4.90 Å². The molecule has 2 aromatic rings. The van der Waals surface area contributed by atoms with Gasteiger partial charge in [0.15, 0.2) is 17.5 Å². The Morgan fingerprint density at radius 3 is 2.61 bits per heavy atom. The molecule has 1 atom stereocenters. The predicted octanol–water partition coefficient (Wildman–Crippen LogP) is 3.32. The van der Waals surface area contributed by atoms with E-state index in [0.717, 1.165) is 11.6 Å². The number of hydrogen-bond acceptors (Lipinski definition) is 3. The van der Waals surface area contributed by atoms with E-state index in [0.29, 0.717) is 13.0 Å². The van der Waals surface area contributed by atoms with Gasteiger partial charge in [-0.15, -0.1) is 11.8 Å². The molecule has 1 fully saturated rings. The zero-order valence-electron chi connectivity index (χ0n) is 12.0. The van der Waals surface area contributed by atoms with Crippen LogP contribution >= 0.6 is 11.8 Å². The van der Waals surface area contributed by atoms with Crippen molar-refractivity contribution in [1.82, 2.24) is 9.88 Å². The van der Waals surface area contributed by atoms with E-state index >= 15 is 0 Å². The van der Waals surface area contributed by atoms with Gasteiger partial charge in [-0.05, 0) is 30.2 Å². The van der Waals surface area contributed by atoms with E-state index < -0.39 is 22.8 Å². The number of aromatic nitrogens is 1. The Morgan fingerprint density at radius 1 is 1.13 bits per heavy atom. The van der Waals surface area contributed by atoms with Crippen molar-refractivity contribution in [3.8, 4) is 0 Å². The van der Waals surface area contributed by atoms with Gasteiger partial charge >= 0.3 is 0 Å². The van der Waals surface area contributed by atoms with Crippen molar-refractivity contribution in [2.45, 2.75) is 11.8 Å². The summed E-state index contributed by atoms with van der Waals surface area (Å²) < 4.78 is 40.5. The molecule has 0 bridgehead atoms. The minimum atomic E-state index is -1.50. The van der Waals surface area contributed by atoms with E-state index in [-0.39, 0.29) is 17.2 Å². The highest BCUT2D eigenvalue weighted by Crippen LogP contribution is 2.40. The summed E-state index contributed by atoms with van der Waals surface area (Å²) in [4.78, 5) is 17.5. The zero-order valence-corrected chi connectivity index (χ0v) is 12.8. The van der Waals surface area contributed by atoms with E-state index in [1.807, 2.05) is 12.1 Å². The van der Waals surface area contributed by atoms with Crippen LogP contribution in [0.3, 0.4) is 0 Å². The summed E-state index contributed by atoms with van der Waals surface area (Å²) >= 11 is 1.21. The number of amides is 1. The van der Waals surface area contributed by atoms with Gasteiger partial charge in [0, 0.05) is 24.5 Å². The number of halogens is 3.